The Labute approximate surface area is 194 Å². The zero-order valence-electron chi connectivity index (χ0n) is 19.4. The molecule has 6 nitrogen and oxygen atoms in total. The maximum atomic E-state index is 12.3. The van der Waals surface area contributed by atoms with Gasteiger partial charge in [0.1, 0.15) is 17.1 Å². The number of phenols is 1. The first-order valence-corrected chi connectivity index (χ1v) is 11.4. The molecule has 3 aromatic rings. The van der Waals surface area contributed by atoms with Gasteiger partial charge in [-0.1, -0.05) is 42.5 Å². The van der Waals surface area contributed by atoms with E-state index in [4.69, 9.17) is 0 Å². The highest BCUT2D eigenvalue weighted by Gasteiger charge is 2.24. The van der Waals surface area contributed by atoms with Gasteiger partial charge in [0.2, 0.25) is 0 Å². The van der Waals surface area contributed by atoms with E-state index in [1.54, 1.807) is 12.1 Å². The van der Waals surface area contributed by atoms with Crippen molar-refractivity contribution in [1.29, 1.82) is 0 Å². The summed E-state index contributed by atoms with van der Waals surface area (Å²) in [6, 6.07) is 15.7. The first-order valence-electron chi connectivity index (χ1n) is 11.4. The number of benzene rings is 2. The summed E-state index contributed by atoms with van der Waals surface area (Å²) in [5.41, 5.74) is 4.84. The third kappa shape index (κ3) is 5.01. The van der Waals surface area contributed by atoms with Gasteiger partial charge in [0.25, 0.3) is 10.9 Å². The largest absolute Gasteiger partial charge is 0.508 e. The summed E-state index contributed by atoms with van der Waals surface area (Å²) in [6.45, 7) is 2.57. The summed E-state index contributed by atoms with van der Waals surface area (Å²) >= 11 is 0. The number of aromatic hydroxyl groups is 1. The van der Waals surface area contributed by atoms with Crippen molar-refractivity contribution < 1.29 is 5.11 Å². The lowest BCUT2D eigenvalue weighted by molar-refractivity contribution is 0.303. The van der Waals surface area contributed by atoms with Gasteiger partial charge in [-0.2, -0.15) is 0 Å². The lowest BCUT2D eigenvalue weighted by Crippen LogP contribution is -2.42. The van der Waals surface area contributed by atoms with Crippen LogP contribution in [0, 0.1) is 0 Å². The summed E-state index contributed by atoms with van der Waals surface area (Å²) in [6.07, 6.45) is 4.73. The number of fused-ring (bicyclic) bond motifs is 1. The molecule has 2 atom stereocenters. The molecule has 2 unspecified atom stereocenters. The van der Waals surface area contributed by atoms with E-state index in [1.807, 2.05) is 39.2 Å². The average Bonchev–Trinajstić information content (AvgIpc) is 3.21. The van der Waals surface area contributed by atoms with Crippen LogP contribution < -0.4 is 21.5 Å². The smallest absolute Gasteiger partial charge is 0.253 e. The molecule has 172 valence electrons. The fourth-order valence-corrected chi connectivity index (χ4v) is 4.43. The summed E-state index contributed by atoms with van der Waals surface area (Å²) in [5, 5.41) is 16.0. The molecule has 0 spiro atoms. The molecule has 3 aromatic carbocycles. The molecule has 0 bridgehead atoms. The Bertz CT molecular complexity index is 1220. The highest BCUT2D eigenvalue weighted by molar-refractivity contribution is 5.76. The second kappa shape index (κ2) is 9.63. The molecular weight excluding hydrogens is 414 g/mol. The van der Waals surface area contributed by atoms with E-state index >= 15 is 0 Å². The number of allylic oxidation sites excluding steroid dienone is 1. The van der Waals surface area contributed by atoms with Crippen LogP contribution in [0.3, 0.4) is 0 Å². The van der Waals surface area contributed by atoms with Crippen molar-refractivity contribution in [1.82, 2.24) is 4.90 Å². The van der Waals surface area contributed by atoms with Gasteiger partial charge in [-0.3, -0.25) is 9.59 Å². The summed E-state index contributed by atoms with van der Waals surface area (Å²) < 4.78 is 0. The number of hydrogen-bond donors (Lipinski definition) is 3. The molecule has 0 heterocycles. The Kier molecular flexibility index (Phi) is 6.65. The predicted molar refractivity (Wildman–Crippen MR) is 135 cm³/mol. The molecule has 0 fully saturated rings. The monoisotopic (exact) mass is 445 g/mol. The van der Waals surface area contributed by atoms with Crippen molar-refractivity contribution in [3.05, 3.63) is 91.7 Å². The molecule has 0 aliphatic heterocycles. The van der Waals surface area contributed by atoms with Crippen molar-refractivity contribution >= 4 is 16.9 Å². The molecule has 0 aromatic heterocycles. The maximum Gasteiger partial charge on any atom is 0.253 e. The summed E-state index contributed by atoms with van der Waals surface area (Å²) in [5.74, 6) is 0.240. The van der Waals surface area contributed by atoms with Crippen molar-refractivity contribution in [3.63, 3.8) is 0 Å². The van der Waals surface area contributed by atoms with E-state index in [2.05, 4.69) is 39.8 Å². The van der Waals surface area contributed by atoms with E-state index < -0.39 is 10.9 Å². The van der Waals surface area contributed by atoms with Crippen LogP contribution in [0.25, 0.3) is 5.57 Å². The van der Waals surface area contributed by atoms with Gasteiger partial charge in [0.05, 0.1) is 0 Å². The van der Waals surface area contributed by atoms with E-state index in [0.29, 0.717) is 17.9 Å². The van der Waals surface area contributed by atoms with Crippen LogP contribution in [-0.2, 0) is 12.8 Å². The van der Waals surface area contributed by atoms with E-state index in [-0.39, 0.29) is 17.8 Å². The van der Waals surface area contributed by atoms with Gasteiger partial charge in [0.15, 0.2) is 0 Å². The van der Waals surface area contributed by atoms with Gasteiger partial charge in [-0.25, -0.2) is 0 Å². The third-order valence-corrected chi connectivity index (χ3v) is 6.41. The molecule has 1 aliphatic rings. The van der Waals surface area contributed by atoms with Crippen LogP contribution in [0.5, 0.6) is 5.75 Å². The Balaban J connectivity index is 1.39. The number of nitrogens with one attached hydrogen (secondary N) is 2. The van der Waals surface area contributed by atoms with Crippen LogP contribution >= 0.6 is 0 Å². The molecule has 1 aliphatic carbocycles. The standard InChI is InChI=1S/C27H31N3O3/c1-17(14-20-11-10-19-6-4-5-7-23(19)20)29-25-24(26(32)27(25)33)28-16-21(30(2)3)15-18-8-12-22(31)13-9-18/h4-9,11-13,17,21,28-29,31H,10,14-16H2,1-3H3. The topological polar surface area (TPSA) is 81.7 Å². The Hall–Kier alpha value is -3.38. The van der Waals surface area contributed by atoms with Crippen molar-refractivity contribution in [2.45, 2.75) is 38.3 Å². The van der Waals surface area contributed by atoms with Gasteiger partial charge in [-0.15, -0.1) is 0 Å². The second-order valence-electron chi connectivity index (χ2n) is 9.12. The Morgan fingerprint density at radius 3 is 2.39 bits per heavy atom. The highest BCUT2D eigenvalue weighted by atomic mass is 16.3. The molecule has 4 rings (SSSR count). The molecule has 0 saturated heterocycles. The number of rotatable bonds is 10. The Morgan fingerprint density at radius 2 is 1.67 bits per heavy atom. The Morgan fingerprint density at radius 1 is 0.970 bits per heavy atom. The van der Waals surface area contributed by atoms with Crippen LogP contribution in [-0.4, -0.2) is 42.7 Å². The number of anilines is 2. The summed E-state index contributed by atoms with van der Waals surface area (Å²) in [4.78, 5) is 26.7. The number of nitrogens with zero attached hydrogens (tertiary/aromatic N) is 1. The van der Waals surface area contributed by atoms with E-state index in [9.17, 15) is 14.7 Å². The van der Waals surface area contributed by atoms with Crippen molar-refractivity contribution in [3.8, 4) is 5.75 Å². The fraction of sp³-hybridized carbons (Fsp3) is 0.333. The van der Waals surface area contributed by atoms with E-state index in [1.165, 1.54) is 16.7 Å². The van der Waals surface area contributed by atoms with Gasteiger partial charge in [0, 0.05) is 18.6 Å². The number of hydrogen-bond acceptors (Lipinski definition) is 6. The molecule has 6 heteroatoms. The van der Waals surface area contributed by atoms with Crippen LogP contribution in [0.1, 0.15) is 30.0 Å². The third-order valence-electron chi connectivity index (χ3n) is 6.41. The molecule has 3 N–H and O–H groups in total. The van der Waals surface area contributed by atoms with Crippen LogP contribution in [0.2, 0.25) is 0 Å². The molecule has 0 radical (unpaired) electrons. The molecule has 0 amide bonds. The van der Waals surface area contributed by atoms with Crippen molar-refractivity contribution in [2.75, 3.05) is 31.3 Å². The second-order valence-corrected chi connectivity index (χ2v) is 9.12. The van der Waals surface area contributed by atoms with Gasteiger partial charge < -0.3 is 20.6 Å². The molecule has 0 saturated carbocycles. The summed E-state index contributed by atoms with van der Waals surface area (Å²) in [7, 11) is 3.98. The normalized spacial score (nSPS) is 14.7. The van der Waals surface area contributed by atoms with Gasteiger partial charge >= 0.3 is 0 Å². The first-order chi connectivity index (χ1) is 15.8. The lowest BCUT2D eigenvalue weighted by atomic mass is 10.00. The van der Waals surface area contributed by atoms with E-state index in [0.717, 1.165) is 24.8 Å². The minimum absolute atomic E-state index is 0.0212. The average molecular weight is 446 g/mol. The highest BCUT2D eigenvalue weighted by Crippen LogP contribution is 2.31. The quantitative estimate of drug-likeness (QED) is 0.415. The van der Waals surface area contributed by atoms with Crippen LogP contribution in [0.4, 0.5) is 11.4 Å². The number of likely N-dealkylation sites (N-methyl/N-ethyl adjacent to an activating group) is 1. The maximum absolute atomic E-state index is 12.3. The SMILES string of the molecule is CC(CC1=CCc2ccccc21)Nc1c(NCC(Cc2ccc(O)cc2)N(C)C)c(=O)c1=O. The molecule has 33 heavy (non-hydrogen) atoms. The fourth-order valence-electron chi connectivity index (χ4n) is 4.43. The lowest BCUT2D eigenvalue weighted by Gasteiger charge is -2.27. The molecular formula is C27H31N3O3. The van der Waals surface area contributed by atoms with Gasteiger partial charge in [-0.05, 0) is 74.7 Å². The minimum atomic E-state index is -0.461. The zero-order chi connectivity index (χ0) is 23.5. The predicted octanol–water partition coefficient (Wildman–Crippen LogP) is 3.40. The zero-order valence-corrected chi connectivity index (χ0v) is 19.4. The minimum Gasteiger partial charge on any atom is -0.508 e. The van der Waals surface area contributed by atoms with Crippen molar-refractivity contribution in [2.24, 2.45) is 0 Å². The first kappa shape index (κ1) is 22.8. The number of phenolic OH excluding ortho intramolecular Hbond substituents is 1. The van der Waals surface area contributed by atoms with Crippen LogP contribution in [0.15, 0.2) is 64.2 Å².